The van der Waals surface area contributed by atoms with E-state index in [4.69, 9.17) is 0 Å². The summed E-state index contributed by atoms with van der Waals surface area (Å²) in [4.78, 5) is 12.8. The summed E-state index contributed by atoms with van der Waals surface area (Å²) in [6, 6.07) is 4.58. The zero-order chi connectivity index (χ0) is 14.8. The second kappa shape index (κ2) is 6.38. The lowest BCUT2D eigenvalue weighted by molar-refractivity contribution is -0.128. The fraction of sp³-hybridized carbons (Fsp3) is 0.588. The van der Waals surface area contributed by atoms with Gasteiger partial charge in [-0.05, 0) is 42.9 Å². The molecular weight excluding hydrogens is 319 g/mol. The van der Waals surface area contributed by atoms with Gasteiger partial charge in [0.15, 0.2) is 0 Å². The molecule has 0 spiro atoms. The molecule has 0 atom stereocenters. The fourth-order valence-corrected chi connectivity index (χ4v) is 3.95. The minimum atomic E-state index is -0.272. The first-order valence-electron chi connectivity index (χ1n) is 7.40. The van der Waals surface area contributed by atoms with E-state index < -0.39 is 0 Å². The van der Waals surface area contributed by atoms with Gasteiger partial charge in [-0.3, -0.25) is 4.79 Å². The summed E-state index contributed by atoms with van der Waals surface area (Å²) < 4.78 is 13.8. The van der Waals surface area contributed by atoms with Gasteiger partial charge in [-0.1, -0.05) is 48.7 Å². The maximum absolute atomic E-state index is 13.1. The molecule has 2 rings (SSSR count). The van der Waals surface area contributed by atoms with E-state index >= 15 is 0 Å². The molecule has 0 heterocycles. The molecule has 3 heteroatoms. The maximum atomic E-state index is 13.1. The standard InChI is InChI=1S/C17H22BrFO/c1-12(2)11-17(7-3-4-8-17)16(20)9-13-5-6-14(19)10-15(13)18/h5-6,10,12H,3-4,7-9,11H2,1-2H3. The van der Waals surface area contributed by atoms with Crippen molar-refractivity contribution in [3.8, 4) is 0 Å². The average molecular weight is 341 g/mol. The molecule has 1 nitrogen and oxygen atoms in total. The number of hydrogen-bond donors (Lipinski definition) is 0. The van der Waals surface area contributed by atoms with Crippen LogP contribution in [0.4, 0.5) is 4.39 Å². The molecule has 0 bridgehead atoms. The molecule has 0 saturated heterocycles. The van der Waals surface area contributed by atoms with Crippen molar-refractivity contribution < 1.29 is 9.18 Å². The number of halogens is 2. The number of hydrogen-bond acceptors (Lipinski definition) is 1. The van der Waals surface area contributed by atoms with E-state index in [2.05, 4.69) is 29.8 Å². The van der Waals surface area contributed by atoms with Crippen LogP contribution in [-0.2, 0) is 11.2 Å². The molecule has 0 amide bonds. The SMILES string of the molecule is CC(C)CC1(C(=O)Cc2ccc(F)cc2Br)CCCC1. The molecule has 1 aromatic carbocycles. The molecule has 1 aliphatic carbocycles. The Morgan fingerprint density at radius 3 is 2.55 bits per heavy atom. The number of benzene rings is 1. The molecule has 1 saturated carbocycles. The third kappa shape index (κ3) is 3.49. The van der Waals surface area contributed by atoms with Crippen molar-refractivity contribution in [1.29, 1.82) is 0 Å². The van der Waals surface area contributed by atoms with Crippen LogP contribution in [0.3, 0.4) is 0 Å². The van der Waals surface area contributed by atoms with Gasteiger partial charge >= 0.3 is 0 Å². The molecule has 0 aliphatic heterocycles. The number of ketones is 1. The van der Waals surface area contributed by atoms with Gasteiger partial charge in [0.1, 0.15) is 11.6 Å². The Hall–Kier alpha value is -0.700. The summed E-state index contributed by atoms with van der Waals surface area (Å²) in [5, 5.41) is 0. The first-order chi connectivity index (χ1) is 9.43. The van der Waals surface area contributed by atoms with E-state index in [1.165, 1.54) is 12.1 Å². The Morgan fingerprint density at radius 1 is 1.35 bits per heavy atom. The van der Waals surface area contributed by atoms with Gasteiger partial charge in [0.2, 0.25) is 0 Å². The summed E-state index contributed by atoms with van der Waals surface area (Å²) in [6.45, 7) is 4.36. The number of carbonyl (C=O) groups is 1. The maximum Gasteiger partial charge on any atom is 0.143 e. The van der Waals surface area contributed by atoms with E-state index in [9.17, 15) is 9.18 Å². The lowest BCUT2D eigenvalue weighted by Gasteiger charge is -2.29. The third-order valence-electron chi connectivity index (χ3n) is 4.32. The van der Waals surface area contributed by atoms with E-state index in [1.807, 2.05) is 0 Å². The highest BCUT2D eigenvalue weighted by Gasteiger charge is 2.40. The quantitative estimate of drug-likeness (QED) is 0.710. The predicted octanol–water partition coefficient (Wildman–Crippen LogP) is 5.31. The highest BCUT2D eigenvalue weighted by molar-refractivity contribution is 9.10. The average Bonchev–Trinajstić information content (AvgIpc) is 2.81. The Bertz CT molecular complexity index is 490. The molecular formula is C17H22BrFO. The molecule has 0 unspecified atom stereocenters. The third-order valence-corrected chi connectivity index (χ3v) is 5.06. The molecule has 1 aromatic rings. The summed E-state index contributed by atoms with van der Waals surface area (Å²) in [7, 11) is 0. The summed E-state index contributed by atoms with van der Waals surface area (Å²) >= 11 is 3.36. The van der Waals surface area contributed by atoms with Crippen LogP contribution in [0.5, 0.6) is 0 Å². The van der Waals surface area contributed by atoms with Crippen molar-refractivity contribution in [3.63, 3.8) is 0 Å². The first kappa shape index (κ1) is 15.7. The second-order valence-electron chi connectivity index (χ2n) is 6.42. The Morgan fingerprint density at radius 2 is 2.00 bits per heavy atom. The Balaban J connectivity index is 2.16. The largest absolute Gasteiger partial charge is 0.299 e. The van der Waals surface area contributed by atoms with Crippen molar-refractivity contribution in [2.24, 2.45) is 11.3 Å². The lowest BCUT2D eigenvalue weighted by Crippen LogP contribution is -2.31. The van der Waals surface area contributed by atoms with Crippen LogP contribution in [0, 0.1) is 17.2 Å². The normalized spacial score (nSPS) is 17.6. The van der Waals surface area contributed by atoms with Gasteiger partial charge in [-0.25, -0.2) is 4.39 Å². The summed E-state index contributed by atoms with van der Waals surface area (Å²) in [5.74, 6) is 0.593. The predicted molar refractivity (Wildman–Crippen MR) is 83.2 cm³/mol. The summed E-state index contributed by atoms with van der Waals surface area (Å²) in [6.07, 6.45) is 5.73. The molecule has 1 aliphatic rings. The highest BCUT2D eigenvalue weighted by Crippen LogP contribution is 2.44. The van der Waals surface area contributed by atoms with Crippen molar-refractivity contribution in [2.75, 3.05) is 0 Å². The monoisotopic (exact) mass is 340 g/mol. The van der Waals surface area contributed by atoms with Crippen LogP contribution in [-0.4, -0.2) is 5.78 Å². The Labute approximate surface area is 129 Å². The summed E-state index contributed by atoms with van der Waals surface area (Å²) in [5.41, 5.74) is 0.758. The molecule has 0 aromatic heterocycles. The number of rotatable bonds is 5. The van der Waals surface area contributed by atoms with E-state index in [0.29, 0.717) is 22.6 Å². The van der Waals surface area contributed by atoms with E-state index in [1.54, 1.807) is 6.07 Å². The molecule has 0 N–H and O–H groups in total. The minimum absolute atomic E-state index is 0.137. The van der Waals surface area contributed by atoms with Crippen LogP contribution < -0.4 is 0 Å². The van der Waals surface area contributed by atoms with Crippen LogP contribution in [0.25, 0.3) is 0 Å². The zero-order valence-electron chi connectivity index (χ0n) is 12.2. The van der Waals surface area contributed by atoms with Gasteiger partial charge in [0, 0.05) is 16.3 Å². The van der Waals surface area contributed by atoms with E-state index in [0.717, 1.165) is 37.7 Å². The van der Waals surface area contributed by atoms with Crippen molar-refractivity contribution in [2.45, 2.75) is 52.4 Å². The lowest BCUT2D eigenvalue weighted by atomic mass is 9.73. The van der Waals surface area contributed by atoms with Crippen LogP contribution >= 0.6 is 15.9 Å². The van der Waals surface area contributed by atoms with Gasteiger partial charge in [0.25, 0.3) is 0 Å². The molecule has 0 radical (unpaired) electrons. The van der Waals surface area contributed by atoms with Gasteiger partial charge in [-0.15, -0.1) is 0 Å². The number of carbonyl (C=O) groups excluding carboxylic acids is 1. The van der Waals surface area contributed by atoms with Crippen LogP contribution in [0.1, 0.15) is 51.5 Å². The van der Waals surface area contributed by atoms with Crippen molar-refractivity contribution in [1.82, 2.24) is 0 Å². The van der Waals surface area contributed by atoms with Crippen molar-refractivity contribution >= 4 is 21.7 Å². The highest BCUT2D eigenvalue weighted by atomic mass is 79.9. The second-order valence-corrected chi connectivity index (χ2v) is 7.28. The molecule has 1 fully saturated rings. The van der Waals surface area contributed by atoms with Crippen LogP contribution in [0.2, 0.25) is 0 Å². The molecule has 20 heavy (non-hydrogen) atoms. The van der Waals surface area contributed by atoms with Crippen molar-refractivity contribution in [3.05, 3.63) is 34.1 Å². The van der Waals surface area contributed by atoms with Gasteiger partial charge in [0.05, 0.1) is 0 Å². The molecule has 110 valence electrons. The smallest absolute Gasteiger partial charge is 0.143 e. The van der Waals surface area contributed by atoms with Gasteiger partial charge < -0.3 is 0 Å². The van der Waals surface area contributed by atoms with Crippen LogP contribution in [0.15, 0.2) is 22.7 Å². The van der Waals surface area contributed by atoms with E-state index in [-0.39, 0.29) is 11.2 Å². The van der Waals surface area contributed by atoms with Gasteiger partial charge in [-0.2, -0.15) is 0 Å². The Kier molecular flexibility index (Phi) is 5.00. The fourth-order valence-electron chi connectivity index (χ4n) is 3.46. The topological polar surface area (TPSA) is 17.1 Å². The number of Topliss-reactive ketones (excluding diaryl/α,β-unsaturated/α-hetero) is 1. The first-order valence-corrected chi connectivity index (χ1v) is 8.19. The minimum Gasteiger partial charge on any atom is -0.299 e. The zero-order valence-corrected chi connectivity index (χ0v) is 13.8.